The van der Waals surface area contributed by atoms with Crippen LogP contribution < -0.4 is 0 Å². The highest BCUT2D eigenvalue weighted by atomic mass is 16.3. The van der Waals surface area contributed by atoms with Crippen molar-refractivity contribution in [2.75, 3.05) is 0 Å². The normalized spacial score (nSPS) is 11.6. The van der Waals surface area contributed by atoms with Crippen LogP contribution >= 0.6 is 0 Å². The minimum absolute atomic E-state index is 0.886. The average Bonchev–Trinajstić information content (AvgIpc) is 3.64. The first-order chi connectivity index (χ1) is 21.8. The van der Waals surface area contributed by atoms with Gasteiger partial charge in [0.05, 0.1) is 16.7 Å². The first kappa shape index (κ1) is 24.7. The van der Waals surface area contributed by atoms with Gasteiger partial charge in [0.15, 0.2) is 5.58 Å². The van der Waals surface area contributed by atoms with Gasteiger partial charge in [-0.05, 0) is 69.8 Å². The quantitative estimate of drug-likeness (QED) is 0.209. The van der Waals surface area contributed by atoms with Gasteiger partial charge < -0.3 is 8.98 Å². The lowest BCUT2D eigenvalue weighted by atomic mass is 9.98. The first-order valence-electron chi connectivity index (χ1n) is 15.0. The maximum absolute atomic E-state index is 6.74. The van der Waals surface area contributed by atoms with Gasteiger partial charge >= 0.3 is 0 Å². The van der Waals surface area contributed by atoms with Crippen molar-refractivity contribution in [1.29, 1.82) is 0 Å². The second-order valence-corrected chi connectivity index (χ2v) is 11.4. The van der Waals surface area contributed by atoms with Crippen molar-refractivity contribution in [3.63, 3.8) is 0 Å². The standard InChI is InChI=1S/C42H27NO/c1-3-11-28(12-4-1)30-19-21-31(22-20-30)32-23-24-41-36(25-32)37-26-33(29-13-5-2-6-14-29)27-40(42(37)44-41)43-38-17-9-7-15-34(38)35-16-8-10-18-39(35)43/h1-27H. The van der Waals surface area contributed by atoms with E-state index in [1.807, 2.05) is 0 Å². The Kier molecular flexibility index (Phi) is 5.54. The molecule has 0 unspecified atom stereocenters. The van der Waals surface area contributed by atoms with Gasteiger partial charge in [-0.25, -0.2) is 0 Å². The zero-order valence-corrected chi connectivity index (χ0v) is 23.9. The summed E-state index contributed by atoms with van der Waals surface area (Å²) in [7, 11) is 0. The third kappa shape index (κ3) is 3.89. The molecule has 2 heterocycles. The fourth-order valence-electron chi connectivity index (χ4n) is 6.67. The lowest BCUT2D eigenvalue weighted by Gasteiger charge is -2.12. The zero-order chi connectivity index (χ0) is 29.0. The van der Waals surface area contributed by atoms with E-state index in [0.29, 0.717) is 0 Å². The topological polar surface area (TPSA) is 18.1 Å². The molecule has 2 nitrogen and oxygen atoms in total. The van der Waals surface area contributed by atoms with E-state index in [1.165, 1.54) is 49.6 Å². The summed E-state index contributed by atoms with van der Waals surface area (Å²) >= 11 is 0. The number of rotatable bonds is 4. The second-order valence-electron chi connectivity index (χ2n) is 11.4. The Morgan fingerprint density at radius 3 is 1.45 bits per heavy atom. The Hall–Kier alpha value is -5.86. The number of hydrogen-bond acceptors (Lipinski definition) is 1. The summed E-state index contributed by atoms with van der Waals surface area (Å²) in [4.78, 5) is 0. The molecule has 0 N–H and O–H groups in total. The number of furan rings is 1. The molecule has 0 amide bonds. The predicted molar refractivity (Wildman–Crippen MR) is 184 cm³/mol. The van der Waals surface area contributed by atoms with Crippen molar-refractivity contribution in [3.05, 3.63) is 164 Å². The number of para-hydroxylation sites is 2. The van der Waals surface area contributed by atoms with Crippen LogP contribution in [0.4, 0.5) is 0 Å². The highest BCUT2D eigenvalue weighted by Gasteiger charge is 2.19. The molecule has 0 spiro atoms. The lowest BCUT2D eigenvalue weighted by Crippen LogP contribution is -1.95. The summed E-state index contributed by atoms with van der Waals surface area (Å²) in [5.41, 5.74) is 12.3. The molecular formula is C42H27NO. The predicted octanol–water partition coefficient (Wildman–Crippen LogP) is 11.7. The largest absolute Gasteiger partial charge is 0.454 e. The Balaban J connectivity index is 1.29. The minimum atomic E-state index is 0.886. The molecule has 0 bridgehead atoms. The summed E-state index contributed by atoms with van der Waals surface area (Å²) in [6.45, 7) is 0. The molecule has 2 aromatic heterocycles. The SMILES string of the molecule is c1ccc(-c2ccc(-c3ccc4oc5c(-n6c7ccccc7c7ccccc76)cc(-c6ccccc6)cc5c4c3)cc2)cc1. The van der Waals surface area contributed by atoms with Crippen LogP contribution in [-0.2, 0) is 0 Å². The van der Waals surface area contributed by atoms with E-state index in [1.54, 1.807) is 0 Å². The second kappa shape index (κ2) is 9.86. The molecule has 0 atom stereocenters. The fraction of sp³-hybridized carbons (Fsp3) is 0. The molecule has 0 saturated heterocycles. The Bertz CT molecular complexity index is 2410. The number of benzene rings is 7. The summed E-state index contributed by atoms with van der Waals surface area (Å²) in [5, 5.41) is 4.70. The van der Waals surface area contributed by atoms with E-state index in [4.69, 9.17) is 4.42 Å². The molecule has 0 aliphatic heterocycles. The first-order valence-corrected chi connectivity index (χ1v) is 15.0. The van der Waals surface area contributed by atoms with Crippen molar-refractivity contribution in [3.8, 4) is 39.1 Å². The van der Waals surface area contributed by atoms with Crippen molar-refractivity contribution >= 4 is 43.7 Å². The minimum Gasteiger partial charge on any atom is -0.454 e. The van der Waals surface area contributed by atoms with Gasteiger partial charge in [-0.1, -0.05) is 127 Å². The van der Waals surface area contributed by atoms with Gasteiger partial charge in [-0.3, -0.25) is 0 Å². The van der Waals surface area contributed by atoms with Gasteiger partial charge in [-0.2, -0.15) is 0 Å². The van der Waals surface area contributed by atoms with Gasteiger partial charge in [0.2, 0.25) is 0 Å². The smallest absolute Gasteiger partial charge is 0.159 e. The highest BCUT2D eigenvalue weighted by molar-refractivity contribution is 6.14. The van der Waals surface area contributed by atoms with E-state index in [0.717, 1.165) is 33.2 Å². The summed E-state index contributed by atoms with van der Waals surface area (Å²) in [5.74, 6) is 0. The van der Waals surface area contributed by atoms with Crippen molar-refractivity contribution in [2.45, 2.75) is 0 Å². The van der Waals surface area contributed by atoms with Crippen molar-refractivity contribution < 1.29 is 4.42 Å². The molecule has 9 rings (SSSR count). The van der Waals surface area contributed by atoms with E-state index < -0.39 is 0 Å². The molecule has 44 heavy (non-hydrogen) atoms. The van der Waals surface area contributed by atoms with Crippen LogP contribution in [-0.4, -0.2) is 4.57 Å². The fourth-order valence-corrected chi connectivity index (χ4v) is 6.67. The molecule has 0 fully saturated rings. The van der Waals surface area contributed by atoms with Gasteiger partial charge in [0.25, 0.3) is 0 Å². The van der Waals surface area contributed by atoms with Crippen LogP contribution in [0.1, 0.15) is 0 Å². The number of aromatic nitrogens is 1. The number of nitrogens with zero attached hydrogens (tertiary/aromatic N) is 1. The van der Waals surface area contributed by atoms with E-state index in [-0.39, 0.29) is 0 Å². The summed E-state index contributed by atoms with van der Waals surface area (Å²) in [6, 6.07) is 58.4. The molecule has 0 aliphatic rings. The van der Waals surface area contributed by atoms with Crippen LogP contribution in [0.2, 0.25) is 0 Å². The van der Waals surface area contributed by atoms with E-state index in [2.05, 4.69) is 168 Å². The van der Waals surface area contributed by atoms with Crippen LogP contribution in [0.5, 0.6) is 0 Å². The molecule has 0 saturated carbocycles. The van der Waals surface area contributed by atoms with Crippen molar-refractivity contribution in [2.24, 2.45) is 0 Å². The van der Waals surface area contributed by atoms with Crippen LogP contribution in [0.3, 0.4) is 0 Å². The average molecular weight is 562 g/mol. The molecule has 2 heteroatoms. The lowest BCUT2D eigenvalue weighted by molar-refractivity contribution is 0.666. The van der Waals surface area contributed by atoms with E-state index in [9.17, 15) is 0 Å². The Labute approximate surface area is 255 Å². The molecular weight excluding hydrogens is 534 g/mol. The van der Waals surface area contributed by atoms with Crippen molar-refractivity contribution in [1.82, 2.24) is 4.57 Å². The van der Waals surface area contributed by atoms with Gasteiger partial charge in [0.1, 0.15) is 5.58 Å². The number of hydrogen-bond donors (Lipinski definition) is 0. The molecule has 9 aromatic rings. The van der Waals surface area contributed by atoms with Crippen LogP contribution in [0.25, 0.3) is 82.8 Å². The summed E-state index contributed by atoms with van der Waals surface area (Å²) in [6.07, 6.45) is 0. The maximum atomic E-state index is 6.74. The van der Waals surface area contributed by atoms with Gasteiger partial charge in [0, 0.05) is 21.5 Å². The monoisotopic (exact) mass is 561 g/mol. The van der Waals surface area contributed by atoms with E-state index >= 15 is 0 Å². The maximum Gasteiger partial charge on any atom is 0.159 e. The zero-order valence-electron chi connectivity index (χ0n) is 23.9. The van der Waals surface area contributed by atoms with Crippen LogP contribution in [0, 0.1) is 0 Å². The Morgan fingerprint density at radius 2 is 0.818 bits per heavy atom. The highest BCUT2D eigenvalue weighted by Crippen LogP contribution is 2.41. The molecule has 0 aliphatic carbocycles. The van der Waals surface area contributed by atoms with Crippen LogP contribution in [0.15, 0.2) is 168 Å². The Morgan fingerprint density at radius 1 is 0.341 bits per heavy atom. The number of fused-ring (bicyclic) bond motifs is 6. The summed E-state index contributed by atoms with van der Waals surface area (Å²) < 4.78 is 9.11. The molecule has 7 aromatic carbocycles. The third-order valence-electron chi connectivity index (χ3n) is 8.80. The molecule has 206 valence electrons. The van der Waals surface area contributed by atoms with Gasteiger partial charge in [-0.15, -0.1) is 0 Å². The molecule has 0 radical (unpaired) electrons. The third-order valence-corrected chi connectivity index (χ3v) is 8.80.